The molecule has 0 saturated carbocycles. The number of fused-ring (bicyclic) bond motifs is 1. The zero-order valence-electron chi connectivity index (χ0n) is 7.97. The first-order valence-corrected chi connectivity index (χ1v) is 5.10. The van der Waals surface area contributed by atoms with Gasteiger partial charge in [-0.05, 0) is 13.0 Å². The van der Waals surface area contributed by atoms with Crippen molar-refractivity contribution in [1.29, 1.82) is 0 Å². The molecule has 0 atom stereocenters. The Hall–Kier alpha value is -1.47. The quantitative estimate of drug-likeness (QED) is 0.704. The Morgan fingerprint density at radius 3 is 3.07 bits per heavy atom. The molecule has 2 rings (SSSR count). The van der Waals surface area contributed by atoms with Crippen LogP contribution in [-0.2, 0) is 0 Å². The minimum Gasteiger partial charge on any atom is -0.464 e. The summed E-state index contributed by atoms with van der Waals surface area (Å²) in [6.07, 6.45) is 5.85. The van der Waals surface area contributed by atoms with Gasteiger partial charge in [-0.1, -0.05) is 0 Å². The first-order chi connectivity index (χ1) is 7.11. The summed E-state index contributed by atoms with van der Waals surface area (Å²) in [4.78, 5) is 14.9. The van der Waals surface area contributed by atoms with Crippen molar-refractivity contribution in [2.24, 2.45) is 4.99 Å². The molecule has 15 heavy (non-hydrogen) atoms. The van der Waals surface area contributed by atoms with E-state index in [9.17, 15) is 4.79 Å². The maximum Gasteiger partial charge on any atom is 0.427 e. The lowest BCUT2D eigenvalue weighted by molar-refractivity contribution is 0.119. The SMILES string of the molecule is [CH2]SC1=CC(C)=NC2=CN(C(=O)O)NN21. The number of carboxylic acid groups (broad SMARTS) is 1. The number of amides is 1. The van der Waals surface area contributed by atoms with Crippen molar-refractivity contribution in [3.8, 4) is 0 Å². The normalized spacial score (nSPS) is 19.5. The largest absolute Gasteiger partial charge is 0.464 e. The molecule has 0 aliphatic carbocycles. The Morgan fingerprint density at radius 1 is 1.73 bits per heavy atom. The third-order valence-corrected chi connectivity index (χ3v) is 2.48. The van der Waals surface area contributed by atoms with Gasteiger partial charge in [-0.15, -0.1) is 17.3 Å². The standard InChI is InChI=1S/C8H9N4O2S/c1-5-3-7(15-2)12-6(9-5)4-11(10-12)8(13)14/h3-4,10H,2H2,1H3,(H,13,14). The number of thioether (sulfide) groups is 1. The molecule has 2 aliphatic heterocycles. The first-order valence-electron chi connectivity index (χ1n) is 4.11. The number of hydrogen-bond acceptors (Lipinski definition) is 5. The molecule has 0 bridgehead atoms. The third kappa shape index (κ3) is 1.71. The van der Waals surface area contributed by atoms with Gasteiger partial charge < -0.3 is 5.11 Å². The van der Waals surface area contributed by atoms with Crippen molar-refractivity contribution < 1.29 is 9.90 Å². The second-order valence-electron chi connectivity index (χ2n) is 2.96. The van der Waals surface area contributed by atoms with Crippen LogP contribution >= 0.6 is 11.8 Å². The smallest absolute Gasteiger partial charge is 0.427 e. The van der Waals surface area contributed by atoms with Crippen molar-refractivity contribution in [3.63, 3.8) is 0 Å². The number of rotatable bonds is 1. The van der Waals surface area contributed by atoms with Gasteiger partial charge >= 0.3 is 6.09 Å². The van der Waals surface area contributed by atoms with E-state index in [-0.39, 0.29) is 0 Å². The van der Waals surface area contributed by atoms with Crippen LogP contribution in [0.15, 0.2) is 28.1 Å². The molecular formula is C8H9N4O2S. The number of allylic oxidation sites excluding steroid dienone is 1. The molecule has 1 amide bonds. The minimum atomic E-state index is -1.09. The van der Waals surface area contributed by atoms with Crippen LogP contribution in [0.3, 0.4) is 0 Å². The average molecular weight is 225 g/mol. The van der Waals surface area contributed by atoms with Gasteiger partial charge in [0.1, 0.15) is 0 Å². The van der Waals surface area contributed by atoms with Crippen molar-refractivity contribution >= 4 is 23.6 Å². The van der Waals surface area contributed by atoms with Crippen LogP contribution in [-0.4, -0.2) is 26.9 Å². The van der Waals surface area contributed by atoms with E-state index < -0.39 is 6.09 Å². The summed E-state index contributed by atoms with van der Waals surface area (Å²) in [7, 11) is 0. The molecule has 79 valence electrons. The summed E-state index contributed by atoms with van der Waals surface area (Å²) in [5.41, 5.74) is 3.47. The second-order valence-corrected chi connectivity index (χ2v) is 3.66. The van der Waals surface area contributed by atoms with E-state index in [1.807, 2.05) is 13.0 Å². The number of carbonyl (C=O) groups is 1. The molecule has 0 saturated heterocycles. The van der Waals surface area contributed by atoms with Gasteiger partial charge in [-0.2, -0.15) is 5.01 Å². The van der Waals surface area contributed by atoms with Gasteiger partial charge in [0.2, 0.25) is 0 Å². The van der Waals surface area contributed by atoms with Gasteiger partial charge in [0, 0.05) is 12.0 Å². The van der Waals surface area contributed by atoms with Crippen LogP contribution in [0.5, 0.6) is 0 Å². The van der Waals surface area contributed by atoms with Crippen molar-refractivity contribution in [2.75, 3.05) is 0 Å². The second kappa shape index (κ2) is 3.59. The highest BCUT2D eigenvalue weighted by molar-refractivity contribution is 8.04. The molecule has 2 aliphatic rings. The molecule has 7 heteroatoms. The Morgan fingerprint density at radius 2 is 2.47 bits per heavy atom. The maximum atomic E-state index is 10.7. The van der Waals surface area contributed by atoms with E-state index in [1.54, 1.807) is 5.01 Å². The highest BCUT2D eigenvalue weighted by atomic mass is 32.2. The number of hydrazine groups is 2. The summed E-state index contributed by atoms with van der Waals surface area (Å²) in [5.74, 6) is 0.545. The molecule has 1 radical (unpaired) electrons. The van der Waals surface area contributed by atoms with Crippen molar-refractivity contribution in [2.45, 2.75) is 6.92 Å². The minimum absolute atomic E-state index is 0.545. The molecule has 0 aromatic heterocycles. The van der Waals surface area contributed by atoms with Crippen LogP contribution in [0.25, 0.3) is 0 Å². The number of hydrogen-bond donors (Lipinski definition) is 2. The number of nitrogens with one attached hydrogen (secondary N) is 1. The zero-order valence-corrected chi connectivity index (χ0v) is 8.78. The fraction of sp³-hybridized carbons (Fsp3) is 0.125. The lowest BCUT2D eigenvalue weighted by Crippen LogP contribution is -2.42. The molecular weight excluding hydrogens is 216 g/mol. The molecule has 0 aromatic rings. The third-order valence-electron chi connectivity index (χ3n) is 1.88. The molecule has 0 aromatic carbocycles. The molecule has 2 N–H and O–H groups in total. The molecule has 2 heterocycles. The fourth-order valence-electron chi connectivity index (χ4n) is 1.26. The molecule has 0 spiro atoms. The molecule has 0 fully saturated rings. The Bertz CT molecular complexity index is 401. The van der Waals surface area contributed by atoms with Crippen LogP contribution in [0.1, 0.15) is 6.92 Å². The van der Waals surface area contributed by atoms with E-state index in [1.165, 1.54) is 18.0 Å². The van der Waals surface area contributed by atoms with Crippen LogP contribution in [0.4, 0.5) is 4.79 Å². The monoisotopic (exact) mass is 225 g/mol. The van der Waals surface area contributed by atoms with Gasteiger partial charge in [0.25, 0.3) is 0 Å². The summed E-state index contributed by atoms with van der Waals surface area (Å²) < 4.78 is 0. The van der Waals surface area contributed by atoms with E-state index in [0.29, 0.717) is 5.82 Å². The van der Waals surface area contributed by atoms with E-state index >= 15 is 0 Å². The van der Waals surface area contributed by atoms with Gasteiger partial charge in [0.15, 0.2) is 5.82 Å². The van der Waals surface area contributed by atoms with Crippen molar-refractivity contribution in [1.82, 2.24) is 15.6 Å². The van der Waals surface area contributed by atoms with Crippen LogP contribution < -0.4 is 5.53 Å². The van der Waals surface area contributed by atoms with Crippen molar-refractivity contribution in [3.05, 3.63) is 29.4 Å². The predicted molar refractivity (Wildman–Crippen MR) is 57.1 cm³/mol. The van der Waals surface area contributed by atoms with E-state index in [0.717, 1.165) is 15.7 Å². The Balaban J connectivity index is 2.31. The van der Waals surface area contributed by atoms with Gasteiger partial charge in [-0.3, -0.25) is 0 Å². The first kappa shape index (κ1) is 10.1. The maximum absolute atomic E-state index is 10.7. The van der Waals surface area contributed by atoms with E-state index in [4.69, 9.17) is 5.11 Å². The van der Waals surface area contributed by atoms with Crippen LogP contribution in [0, 0.1) is 6.26 Å². The lowest BCUT2D eigenvalue weighted by atomic mass is 10.3. The highest BCUT2D eigenvalue weighted by Crippen LogP contribution is 2.28. The fourth-order valence-corrected chi connectivity index (χ4v) is 1.78. The van der Waals surface area contributed by atoms with Gasteiger partial charge in [0.05, 0.1) is 11.2 Å². The zero-order chi connectivity index (χ0) is 11.0. The highest BCUT2D eigenvalue weighted by Gasteiger charge is 2.29. The van der Waals surface area contributed by atoms with Gasteiger partial charge in [-0.25, -0.2) is 14.8 Å². The Labute approximate surface area is 90.9 Å². The number of nitrogens with zero attached hydrogens (tertiary/aromatic N) is 3. The topological polar surface area (TPSA) is 68.2 Å². The summed E-state index contributed by atoms with van der Waals surface area (Å²) >= 11 is 1.27. The summed E-state index contributed by atoms with van der Waals surface area (Å²) in [6, 6.07) is 0. The predicted octanol–water partition coefficient (Wildman–Crippen LogP) is 1.34. The average Bonchev–Trinajstić information content (AvgIpc) is 2.59. The summed E-state index contributed by atoms with van der Waals surface area (Å²) in [5, 5.41) is 12.1. The lowest BCUT2D eigenvalue weighted by Gasteiger charge is -2.24. The van der Waals surface area contributed by atoms with Crippen LogP contribution in [0.2, 0.25) is 0 Å². The molecule has 6 nitrogen and oxygen atoms in total. The summed E-state index contributed by atoms with van der Waals surface area (Å²) in [6.45, 7) is 1.85. The number of aliphatic imine (C=N–C) groups is 1. The Kier molecular flexibility index (Phi) is 2.41. The van der Waals surface area contributed by atoms with E-state index in [2.05, 4.69) is 16.8 Å². The molecule has 0 unspecified atom stereocenters.